The maximum absolute atomic E-state index is 11.9. The number of hydrogen-bond donors (Lipinski definition) is 2. The highest BCUT2D eigenvalue weighted by molar-refractivity contribution is 6.01. The number of nitrogens with zero attached hydrogens (tertiary/aromatic N) is 2. The number of amides is 1. The van der Waals surface area contributed by atoms with Gasteiger partial charge in [-0.05, 0) is 25.1 Å². The predicted molar refractivity (Wildman–Crippen MR) is 84.5 cm³/mol. The highest BCUT2D eigenvalue weighted by atomic mass is 16.2. The molecule has 1 aliphatic heterocycles. The summed E-state index contributed by atoms with van der Waals surface area (Å²) in [6, 6.07) is 11.8. The van der Waals surface area contributed by atoms with E-state index in [1.54, 1.807) is 6.20 Å². The van der Waals surface area contributed by atoms with E-state index in [2.05, 4.69) is 20.5 Å². The van der Waals surface area contributed by atoms with Crippen LogP contribution in [0.5, 0.6) is 0 Å². The number of para-hydroxylation sites is 2. The summed E-state index contributed by atoms with van der Waals surface area (Å²) in [5, 5.41) is 6.17. The minimum atomic E-state index is 0.0163. The first kappa shape index (κ1) is 13.4. The molecular weight excluding hydrogens is 264 g/mol. The van der Waals surface area contributed by atoms with Crippen molar-refractivity contribution in [1.29, 1.82) is 0 Å². The molecule has 0 saturated heterocycles. The number of carbonyl (C=O) groups excluding carboxylic acids is 1. The zero-order valence-corrected chi connectivity index (χ0v) is 12.0. The van der Waals surface area contributed by atoms with Crippen LogP contribution in [0.2, 0.25) is 0 Å². The smallest absolute Gasteiger partial charge is 0.243 e. The summed E-state index contributed by atoms with van der Waals surface area (Å²) in [6.45, 7) is 3.88. The first-order valence-corrected chi connectivity index (χ1v) is 7.09. The van der Waals surface area contributed by atoms with Crippen LogP contribution < -0.4 is 15.5 Å². The van der Waals surface area contributed by atoms with E-state index >= 15 is 0 Å². The van der Waals surface area contributed by atoms with E-state index in [9.17, 15) is 4.79 Å². The molecule has 0 unspecified atom stereocenters. The Kier molecular flexibility index (Phi) is 3.73. The molecule has 21 heavy (non-hydrogen) atoms. The van der Waals surface area contributed by atoms with Crippen LogP contribution in [0.1, 0.15) is 12.5 Å². The number of fused-ring (bicyclic) bond motifs is 1. The first-order valence-electron chi connectivity index (χ1n) is 7.09. The summed E-state index contributed by atoms with van der Waals surface area (Å²) in [6.07, 6.45) is 1.78. The number of hydrogen-bond acceptors (Lipinski definition) is 4. The minimum Gasteiger partial charge on any atom is -0.370 e. The van der Waals surface area contributed by atoms with Gasteiger partial charge in [-0.2, -0.15) is 0 Å². The van der Waals surface area contributed by atoms with Gasteiger partial charge in [-0.1, -0.05) is 18.2 Å². The molecule has 0 fully saturated rings. The Balaban J connectivity index is 1.90. The highest BCUT2D eigenvalue weighted by Gasteiger charge is 2.22. The van der Waals surface area contributed by atoms with Crippen molar-refractivity contribution in [2.24, 2.45) is 0 Å². The van der Waals surface area contributed by atoms with E-state index in [4.69, 9.17) is 0 Å². The van der Waals surface area contributed by atoms with Gasteiger partial charge >= 0.3 is 0 Å². The molecule has 1 aromatic heterocycles. The molecule has 0 radical (unpaired) electrons. The largest absolute Gasteiger partial charge is 0.370 e. The van der Waals surface area contributed by atoms with Crippen LogP contribution in [0, 0.1) is 0 Å². The molecule has 108 valence electrons. The quantitative estimate of drug-likeness (QED) is 0.904. The molecule has 5 nitrogen and oxygen atoms in total. The van der Waals surface area contributed by atoms with E-state index in [1.807, 2.05) is 43.3 Å². The van der Waals surface area contributed by atoms with Crippen LogP contribution in [0.15, 0.2) is 42.6 Å². The van der Waals surface area contributed by atoms with Gasteiger partial charge in [0.15, 0.2) is 0 Å². The minimum absolute atomic E-state index is 0.0163. The molecule has 0 atom stereocenters. The standard InChI is InChI=1S/C16H18N4O/c1-2-17-16-12(6-5-9-18-16)10-20-11-15(21)19-13-7-3-4-8-14(13)20/h3-9H,2,10-11H2,1H3,(H,17,18)(H,19,21). The van der Waals surface area contributed by atoms with E-state index in [-0.39, 0.29) is 5.91 Å². The zero-order valence-electron chi connectivity index (χ0n) is 12.0. The molecule has 2 heterocycles. The Morgan fingerprint density at radius 2 is 2.14 bits per heavy atom. The van der Waals surface area contributed by atoms with Gasteiger partial charge in [0.2, 0.25) is 5.91 Å². The fourth-order valence-corrected chi connectivity index (χ4v) is 2.54. The number of pyridine rings is 1. The summed E-state index contributed by atoms with van der Waals surface area (Å²) in [5.74, 6) is 0.894. The number of carbonyl (C=O) groups is 1. The van der Waals surface area contributed by atoms with E-state index in [1.165, 1.54) is 0 Å². The van der Waals surface area contributed by atoms with Gasteiger partial charge in [-0.25, -0.2) is 4.98 Å². The van der Waals surface area contributed by atoms with E-state index < -0.39 is 0 Å². The van der Waals surface area contributed by atoms with Crippen LogP contribution in [0.4, 0.5) is 17.2 Å². The number of nitrogens with one attached hydrogen (secondary N) is 2. The molecule has 0 spiro atoms. The summed E-state index contributed by atoms with van der Waals surface area (Å²) in [5.41, 5.74) is 3.00. The monoisotopic (exact) mass is 282 g/mol. The average molecular weight is 282 g/mol. The average Bonchev–Trinajstić information content (AvgIpc) is 2.49. The second kappa shape index (κ2) is 5.83. The van der Waals surface area contributed by atoms with E-state index in [0.29, 0.717) is 13.1 Å². The Morgan fingerprint density at radius 3 is 3.00 bits per heavy atom. The van der Waals surface area contributed by atoms with Crippen LogP contribution >= 0.6 is 0 Å². The highest BCUT2D eigenvalue weighted by Crippen LogP contribution is 2.30. The molecule has 5 heteroatoms. The molecule has 1 aromatic carbocycles. The molecule has 1 amide bonds. The molecule has 0 bridgehead atoms. The van der Waals surface area contributed by atoms with Gasteiger partial charge in [0.25, 0.3) is 0 Å². The van der Waals surface area contributed by atoms with Gasteiger partial charge in [0.1, 0.15) is 5.82 Å². The molecule has 1 aliphatic rings. The third-order valence-corrected chi connectivity index (χ3v) is 3.45. The van der Waals surface area contributed by atoms with Crippen molar-refractivity contribution < 1.29 is 4.79 Å². The van der Waals surface area contributed by atoms with Crippen molar-refractivity contribution in [2.75, 3.05) is 28.6 Å². The lowest BCUT2D eigenvalue weighted by molar-refractivity contribution is -0.115. The lowest BCUT2D eigenvalue weighted by Gasteiger charge is -2.31. The molecule has 0 aliphatic carbocycles. The summed E-state index contributed by atoms with van der Waals surface area (Å²) >= 11 is 0. The van der Waals surface area contributed by atoms with Crippen molar-refractivity contribution in [1.82, 2.24) is 4.98 Å². The number of anilines is 3. The van der Waals surface area contributed by atoms with Crippen molar-refractivity contribution in [2.45, 2.75) is 13.5 Å². The summed E-state index contributed by atoms with van der Waals surface area (Å²) < 4.78 is 0. The molecule has 2 aromatic rings. The lowest BCUT2D eigenvalue weighted by Crippen LogP contribution is -2.37. The van der Waals surface area contributed by atoms with E-state index in [0.717, 1.165) is 29.3 Å². The Labute approximate surface area is 124 Å². The second-order valence-electron chi connectivity index (χ2n) is 4.96. The van der Waals surface area contributed by atoms with Gasteiger partial charge in [0.05, 0.1) is 17.9 Å². The van der Waals surface area contributed by atoms with Crippen molar-refractivity contribution in [3.05, 3.63) is 48.2 Å². The number of benzene rings is 1. The number of aromatic nitrogens is 1. The summed E-state index contributed by atoms with van der Waals surface area (Å²) in [7, 11) is 0. The fourth-order valence-electron chi connectivity index (χ4n) is 2.54. The normalized spacial score (nSPS) is 13.6. The van der Waals surface area contributed by atoms with Gasteiger partial charge in [-0.15, -0.1) is 0 Å². The van der Waals surface area contributed by atoms with Crippen molar-refractivity contribution >= 4 is 23.1 Å². The maximum atomic E-state index is 11.9. The maximum Gasteiger partial charge on any atom is 0.243 e. The second-order valence-corrected chi connectivity index (χ2v) is 4.96. The zero-order chi connectivity index (χ0) is 14.7. The topological polar surface area (TPSA) is 57.3 Å². The van der Waals surface area contributed by atoms with Gasteiger partial charge < -0.3 is 15.5 Å². The SMILES string of the molecule is CCNc1ncccc1CN1CC(=O)Nc2ccccc21. The molecule has 0 saturated carbocycles. The van der Waals surface area contributed by atoms with Crippen LogP contribution in [0.25, 0.3) is 0 Å². The third kappa shape index (κ3) is 2.81. The molecule has 3 rings (SSSR count). The predicted octanol–water partition coefficient (Wildman–Crippen LogP) is 2.47. The van der Waals surface area contributed by atoms with Crippen molar-refractivity contribution in [3.63, 3.8) is 0 Å². The Bertz CT molecular complexity index is 656. The van der Waals surface area contributed by atoms with Crippen LogP contribution in [0.3, 0.4) is 0 Å². The molecular formula is C16H18N4O. The third-order valence-electron chi connectivity index (χ3n) is 3.45. The Hall–Kier alpha value is -2.56. The lowest BCUT2D eigenvalue weighted by atomic mass is 10.1. The summed E-state index contributed by atoms with van der Waals surface area (Å²) in [4.78, 5) is 18.3. The molecule has 2 N–H and O–H groups in total. The fraction of sp³-hybridized carbons (Fsp3) is 0.250. The van der Waals surface area contributed by atoms with Crippen LogP contribution in [-0.4, -0.2) is 24.0 Å². The Morgan fingerprint density at radius 1 is 1.29 bits per heavy atom. The van der Waals surface area contributed by atoms with Gasteiger partial charge in [-0.3, -0.25) is 4.79 Å². The van der Waals surface area contributed by atoms with Crippen molar-refractivity contribution in [3.8, 4) is 0 Å². The first-order chi connectivity index (χ1) is 10.3. The van der Waals surface area contributed by atoms with Gasteiger partial charge in [0, 0.05) is 24.8 Å². The van der Waals surface area contributed by atoms with Crippen LogP contribution in [-0.2, 0) is 11.3 Å². The number of rotatable bonds is 4.